The standard InChI is InChI=1S/C12H19NO4S/c1-3-17-8-7-13-18(15,16)12-6-4-5-11(9-14)10(12)2/h4-6,13-14H,3,7-9H2,1-2H3. The molecular formula is C12H19NO4S. The van der Waals surface area contributed by atoms with Gasteiger partial charge in [-0.25, -0.2) is 13.1 Å². The van der Waals surface area contributed by atoms with Crippen molar-refractivity contribution in [1.29, 1.82) is 0 Å². The largest absolute Gasteiger partial charge is 0.392 e. The number of rotatable bonds is 7. The third-order valence-corrected chi connectivity index (χ3v) is 4.20. The predicted molar refractivity (Wildman–Crippen MR) is 68.8 cm³/mol. The predicted octanol–water partition coefficient (Wildman–Crippen LogP) is 0.802. The van der Waals surface area contributed by atoms with Crippen molar-refractivity contribution < 1.29 is 18.3 Å². The van der Waals surface area contributed by atoms with E-state index in [1.54, 1.807) is 19.1 Å². The fourth-order valence-electron chi connectivity index (χ4n) is 1.59. The molecule has 0 aliphatic heterocycles. The minimum Gasteiger partial charge on any atom is -0.392 e. The maximum atomic E-state index is 12.0. The molecule has 0 saturated carbocycles. The van der Waals surface area contributed by atoms with E-state index >= 15 is 0 Å². The molecule has 1 aromatic carbocycles. The van der Waals surface area contributed by atoms with Gasteiger partial charge in [0.2, 0.25) is 10.0 Å². The van der Waals surface area contributed by atoms with Gasteiger partial charge in [-0.2, -0.15) is 0 Å². The second-order valence-electron chi connectivity index (χ2n) is 3.79. The van der Waals surface area contributed by atoms with E-state index in [0.29, 0.717) is 24.3 Å². The van der Waals surface area contributed by atoms with Crippen molar-refractivity contribution in [1.82, 2.24) is 4.72 Å². The van der Waals surface area contributed by atoms with Crippen LogP contribution in [0.3, 0.4) is 0 Å². The maximum Gasteiger partial charge on any atom is 0.240 e. The van der Waals surface area contributed by atoms with Crippen LogP contribution < -0.4 is 4.72 Å². The Bertz CT molecular complexity index is 485. The summed E-state index contributed by atoms with van der Waals surface area (Å²) in [7, 11) is -3.55. The van der Waals surface area contributed by atoms with Gasteiger partial charge in [-0.15, -0.1) is 0 Å². The van der Waals surface area contributed by atoms with Crippen LogP contribution in [0.1, 0.15) is 18.1 Å². The number of ether oxygens (including phenoxy) is 1. The van der Waals surface area contributed by atoms with Crippen molar-refractivity contribution in [2.75, 3.05) is 19.8 Å². The number of aliphatic hydroxyl groups is 1. The summed E-state index contributed by atoms with van der Waals surface area (Å²) in [5, 5.41) is 9.12. The van der Waals surface area contributed by atoms with Crippen molar-refractivity contribution in [3.05, 3.63) is 29.3 Å². The zero-order chi connectivity index (χ0) is 13.6. The number of hydrogen-bond donors (Lipinski definition) is 2. The number of benzene rings is 1. The van der Waals surface area contributed by atoms with Crippen LogP contribution in [0.15, 0.2) is 23.1 Å². The highest BCUT2D eigenvalue weighted by Gasteiger charge is 2.17. The van der Waals surface area contributed by atoms with Gasteiger partial charge in [0.1, 0.15) is 0 Å². The van der Waals surface area contributed by atoms with Crippen LogP contribution in [-0.4, -0.2) is 33.3 Å². The molecule has 0 fully saturated rings. The van der Waals surface area contributed by atoms with Gasteiger partial charge in [0.25, 0.3) is 0 Å². The molecule has 1 rings (SSSR count). The molecule has 0 saturated heterocycles. The van der Waals surface area contributed by atoms with Gasteiger partial charge >= 0.3 is 0 Å². The summed E-state index contributed by atoms with van der Waals surface area (Å²) in [6, 6.07) is 4.85. The summed E-state index contributed by atoms with van der Waals surface area (Å²) in [5.41, 5.74) is 1.19. The van der Waals surface area contributed by atoms with Crippen LogP contribution >= 0.6 is 0 Å². The number of aliphatic hydroxyl groups excluding tert-OH is 1. The molecule has 0 unspecified atom stereocenters. The minimum absolute atomic E-state index is 0.172. The first-order chi connectivity index (χ1) is 8.53. The Labute approximate surface area is 108 Å². The Balaban J connectivity index is 2.85. The van der Waals surface area contributed by atoms with Crippen LogP contribution in [0.5, 0.6) is 0 Å². The van der Waals surface area contributed by atoms with Gasteiger partial charge in [0.05, 0.1) is 18.1 Å². The molecule has 0 aliphatic rings. The van der Waals surface area contributed by atoms with E-state index in [0.717, 1.165) is 0 Å². The lowest BCUT2D eigenvalue weighted by atomic mass is 10.1. The summed E-state index contributed by atoms with van der Waals surface area (Å²) >= 11 is 0. The van der Waals surface area contributed by atoms with E-state index in [1.807, 2.05) is 6.92 Å². The maximum absolute atomic E-state index is 12.0. The van der Waals surface area contributed by atoms with Crippen LogP contribution in [0.2, 0.25) is 0 Å². The lowest BCUT2D eigenvalue weighted by Gasteiger charge is -2.11. The van der Waals surface area contributed by atoms with Crippen molar-refractivity contribution in [3.8, 4) is 0 Å². The number of nitrogens with one attached hydrogen (secondary N) is 1. The Morgan fingerprint density at radius 3 is 2.72 bits per heavy atom. The summed E-state index contributed by atoms with van der Waals surface area (Å²) < 4.78 is 31.6. The Hall–Kier alpha value is -0.950. The molecule has 1 aromatic rings. The molecule has 6 heteroatoms. The van der Waals surface area contributed by atoms with Gasteiger partial charge in [0, 0.05) is 13.2 Å². The van der Waals surface area contributed by atoms with E-state index in [9.17, 15) is 8.42 Å². The van der Waals surface area contributed by atoms with Crippen molar-refractivity contribution in [2.24, 2.45) is 0 Å². The van der Waals surface area contributed by atoms with Crippen LogP contribution in [0, 0.1) is 6.92 Å². The highest BCUT2D eigenvalue weighted by atomic mass is 32.2. The minimum atomic E-state index is -3.55. The molecule has 0 aromatic heterocycles. The molecule has 0 atom stereocenters. The second kappa shape index (κ2) is 6.84. The normalized spacial score (nSPS) is 11.7. The highest BCUT2D eigenvalue weighted by Crippen LogP contribution is 2.18. The third-order valence-electron chi connectivity index (χ3n) is 2.60. The van der Waals surface area contributed by atoms with Gasteiger partial charge in [0.15, 0.2) is 0 Å². The first-order valence-electron chi connectivity index (χ1n) is 5.79. The molecule has 102 valence electrons. The lowest BCUT2D eigenvalue weighted by molar-refractivity contribution is 0.153. The molecule has 0 heterocycles. The van der Waals surface area contributed by atoms with Crippen molar-refractivity contribution >= 4 is 10.0 Å². The van der Waals surface area contributed by atoms with Crippen LogP contribution in [0.4, 0.5) is 0 Å². The van der Waals surface area contributed by atoms with Crippen molar-refractivity contribution in [3.63, 3.8) is 0 Å². The number of hydrogen-bond acceptors (Lipinski definition) is 4. The second-order valence-corrected chi connectivity index (χ2v) is 5.53. The highest BCUT2D eigenvalue weighted by molar-refractivity contribution is 7.89. The summed E-state index contributed by atoms with van der Waals surface area (Å²) in [6.45, 7) is 4.49. The SMILES string of the molecule is CCOCCNS(=O)(=O)c1cccc(CO)c1C. The average Bonchev–Trinajstić information content (AvgIpc) is 2.35. The molecule has 0 amide bonds. The molecule has 2 N–H and O–H groups in total. The van der Waals surface area contributed by atoms with Gasteiger partial charge in [-0.1, -0.05) is 12.1 Å². The van der Waals surface area contributed by atoms with E-state index in [2.05, 4.69) is 4.72 Å². The smallest absolute Gasteiger partial charge is 0.240 e. The van der Waals surface area contributed by atoms with Gasteiger partial charge in [-0.05, 0) is 31.0 Å². The van der Waals surface area contributed by atoms with Crippen LogP contribution in [0.25, 0.3) is 0 Å². The first-order valence-corrected chi connectivity index (χ1v) is 7.28. The Kier molecular flexibility index (Phi) is 5.74. The van der Waals surface area contributed by atoms with E-state index in [4.69, 9.17) is 9.84 Å². The zero-order valence-corrected chi connectivity index (χ0v) is 11.5. The topological polar surface area (TPSA) is 75.6 Å². The number of sulfonamides is 1. The molecule has 0 radical (unpaired) electrons. The van der Waals surface area contributed by atoms with Crippen LogP contribution in [-0.2, 0) is 21.4 Å². The Morgan fingerprint density at radius 1 is 1.39 bits per heavy atom. The molecular weight excluding hydrogens is 254 g/mol. The third kappa shape index (κ3) is 3.78. The lowest BCUT2D eigenvalue weighted by Crippen LogP contribution is -2.28. The first kappa shape index (κ1) is 15.1. The monoisotopic (exact) mass is 273 g/mol. The van der Waals surface area contributed by atoms with Gasteiger partial charge in [-0.3, -0.25) is 0 Å². The molecule has 0 aliphatic carbocycles. The fraction of sp³-hybridized carbons (Fsp3) is 0.500. The molecule has 5 nitrogen and oxygen atoms in total. The zero-order valence-electron chi connectivity index (χ0n) is 10.6. The summed E-state index contributed by atoms with van der Waals surface area (Å²) in [5.74, 6) is 0. The Morgan fingerprint density at radius 2 is 2.11 bits per heavy atom. The molecule has 18 heavy (non-hydrogen) atoms. The summed E-state index contributed by atoms with van der Waals surface area (Å²) in [6.07, 6.45) is 0. The molecule has 0 bridgehead atoms. The fourth-order valence-corrected chi connectivity index (χ4v) is 2.89. The van der Waals surface area contributed by atoms with Gasteiger partial charge < -0.3 is 9.84 Å². The quantitative estimate of drug-likeness (QED) is 0.721. The van der Waals surface area contributed by atoms with E-state index in [1.165, 1.54) is 6.07 Å². The van der Waals surface area contributed by atoms with E-state index < -0.39 is 10.0 Å². The summed E-state index contributed by atoms with van der Waals surface area (Å²) in [4.78, 5) is 0.200. The molecule has 0 spiro atoms. The van der Waals surface area contributed by atoms with Crippen molar-refractivity contribution in [2.45, 2.75) is 25.3 Å². The average molecular weight is 273 g/mol. The van der Waals surface area contributed by atoms with E-state index in [-0.39, 0.29) is 18.0 Å².